The van der Waals surface area contributed by atoms with E-state index in [0.717, 1.165) is 46.1 Å². The molecule has 166 valence electrons. The Labute approximate surface area is 199 Å². The summed E-state index contributed by atoms with van der Waals surface area (Å²) in [4.78, 5) is 13.5. The van der Waals surface area contributed by atoms with E-state index in [1.54, 1.807) is 41.4 Å². The molecule has 1 aliphatic carbocycles. The Morgan fingerprint density at radius 2 is 1.58 bits per heavy atom. The maximum absolute atomic E-state index is 13.6. The Morgan fingerprint density at radius 3 is 2.24 bits per heavy atom. The van der Waals surface area contributed by atoms with E-state index in [2.05, 4.69) is 15.9 Å². The molecule has 3 aromatic rings. The highest BCUT2D eigenvalue weighted by atomic mass is 79.9. The molecule has 0 unspecified atom stereocenters. The average Bonchev–Trinajstić information content (AvgIpc) is 3.22. The van der Waals surface area contributed by atoms with E-state index < -0.39 is 0 Å². The van der Waals surface area contributed by atoms with Crippen LogP contribution in [0.5, 0.6) is 0 Å². The fourth-order valence-corrected chi connectivity index (χ4v) is 4.91. The second-order valence-electron chi connectivity index (χ2n) is 8.36. The number of amides is 1. The Morgan fingerprint density at radius 1 is 0.939 bits per heavy atom. The van der Waals surface area contributed by atoms with Crippen LogP contribution in [0.2, 0.25) is 0 Å². The van der Waals surface area contributed by atoms with Crippen LogP contribution in [0.1, 0.15) is 46.8 Å². The Bertz CT molecular complexity index is 1230. The minimum Gasteiger partial charge on any atom is -0.267 e. The van der Waals surface area contributed by atoms with Crippen molar-refractivity contribution in [2.24, 2.45) is 11.0 Å². The summed E-state index contributed by atoms with van der Waals surface area (Å²) >= 11 is 3.41. The number of hydrogen-bond acceptors (Lipinski definition) is 2. The van der Waals surface area contributed by atoms with Crippen molar-refractivity contribution in [1.29, 1.82) is 0 Å². The highest BCUT2D eigenvalue weighted by Gasteiger charge is 2.43. The first-order valence-electron chi connectivity index (χ1n) is 10.9. The summed E-state index contributed by atoms with van der Waals surface area (Å²) in [5.74, 6) is -0.779. The molecule has 1 fully saturated rings. The molecule has 2 atom stereocenters. The largest absolute Gasteiger partial charge is 0.274 e. The molecule has 0 radical (unpaired) electrons. The Balaban J connectivity index is 1.57. The lowest BCUT2D eigenvalue weighted by atomic mass is 9.77. The van der Waals surface area contributed by atoms with E-state index >= 15 is 0 Å². The molecule has 6 heteroatoms. The predicted octanol–water partition coefficient (Wildman–Crippen LogP) is 7.16. The van der Waals surface area contributed by atoms with Crippen molar-refractivity contribution >= 4 is 33.6 Å². The number of nitrogens with zero attached hydrogens (tertiary/aromatic N) is 2. The summed E-state index contributed by atoms with van der Waals surface area (Å²) in [6.07, 6.45) is 4.70. The van der Waals surface area contributed by atoms with Gasteiger partial charge in [0.15, 0.2) is 0 Å². The van der Waals surface area contributed by atoms with E-state index in [0.29, 0.717) is 5.56 Å². The average molecular weight is 507 g/mol. The van der Waals surface area contributed by atoms with Gasteiger partial charge in [-0.15, -0.1) is 0 Å². The first kappa shape index (κ1) is 21.7. The van der Waals surface area contributed by atoms with Crippen molar-refractivity contribution in [3.8, 4) is 0 Å². The van der Waals surface area contributed by atoms with Gasteiger partial charge in [-0.05, 0) is 90.6 Å². The zero-order valence-corrected chi connectivity index (χ0v) is 19.3. The molecule has 5 rings (SSSR count). The van der Waals surface area contributed by atoms with Crippen LogP contribution < -0.4 is 0 Å². The van der Waals surface area contributed by atoms with Gasteiger partial charge in [-0.2, -0.15) is 5.10 Å². The number of benzene rings is 3. The molecule has 1 aliphatic heterocycles. The Kier molecular flexibility index (Phi) is 5.94. The van der Waals surface area contributed by atoms with Crippen LogP contribution in [0.15, 0.2) is 87.9 Å². The minimum absolute atomic E-state index is 0.00954. The maximum atomic E-state index is 13.6. The molecule has 0 saturated heterocycles. The number of hydrazone groups is 1. The second-order valence-corrected chi connectivity index (χ2v) is 9.27. The molecule has 0 aromatic heterocycles. The molecule has 33 heavy (non-hydrogen) atoms. The third-order valence-corrected chi connectivity index (χ3v) is 6.75. The number of halogens is 3. The lowest BCUT2D eigenvalue weighted by molar-refractivity contribution is 0.0681. The monoisotopic (exact) mass is 506 g/mol. The van der Waals surface area contributed by atoms with Gasteiger partial charge in [0.05, 0.1) is 11.8 Å². The molecule has 1 heterocycles. The third kappa shape index (κ3) is 4.40. The highest BCUT2D eigenvalue weighted by molar-refractivity contribution is 9.10. The lowest BCUT2D eigenvalue weighted by Gasteiger charge is -2.29. The summed E-state index contributed by atoms with van der Waals surface area (Å²) in [6, 6.07) is 19.6. The molecule has 1 saturated carbocycles. The topological polar surface area (TPSA) is 32.7 Å². The van der Waals surface area contributed by atoms with Gasteiger partial charge in [-0.3, -0.25) is 4.79 Å². The van der Waals surface area contributed by atoms with Gasteiger partial charge in [0.1, 0.15) is 11.6 Å². The smallest absolute Gasteiger partial charge is 0.267 e. The molecule has 0 bridgehead atoms. The molecular weight excluding hydrogens is 486 g/mol. The van der Waals surface area contributed by atoms with Gasteiger partial charge < -0.3 is 0 Å². The highest BCUT2D eigenvalue weighted by Crippen LogP contribution is 2.45. The summed E-state index contributed by atoms with van der Waals surface area (Å²) < 4.78 is 27.9. The van der Waals surface area contributed by atoms with Crippen LogP contribution in [0, 0.1) is 17.6 Å². The maximum Gasteiger partial charge on any atom is 0.274 e. The fraction of sp³-hybridized carbons (Fsp3) is 0.185. The number of allylic oxidation sites excluding steroid dienone is 1. The van der Waals surface area contributed by atoms with Crippen molar-refractivity contribution < 1.29 is 13.6 Å². The van der Waals surface area contributed by atoms with Crippen LogP contribution >= 0.6 is 15.9 Å². The van der Waals surface area contributed by atoms with E-state index in [4.69, 9.17) is 5.10 Å². The van der Waals surface area contributed by atoms with Gasteiger partial charge in [0.2, 0.25) is 0 Å². The number of fused-ring (bicyclic) bond motifs is 1. The zero-order chi connectivity index (χ0) is 22.9. The van der Waals surface area contributed by atoms with Crippen molar-refractivity contribution in [2.45, 2.75) is 25.3 Å². The zero-order valence-electron chi connectivity index (χ0n) is 17.7. The molecule has 1 amide bonds. The summed E-state index contributed by atoms with van der Waals surface area (Å²) in [5, 5.41) is 6.39. The van der Waals surface area contributed by atoms with E-state index in [1.165, 1.54) is 24.3 Å². The second kappa shape index (κ2) is 9.02. The standard InChI is InChI=1S/C27H21BrF2N2O/c28-21-10-6-19(7-11-21)27(33)32-26(18-8-14-23(30)15-9-18)24-3-1-2-20(25(24)31-32)16-17-4-12-22(29)13-5-17/h4-16,24,26H,1-3H2/b20-16+/t24-,26+/m1/s1. The van der Waals surface area contributed by atoms with E-state index in [1.807, 2.05) is 18.2 Å². The normalized spacial score (nSPS) is 21.1. The van der Waals surface area contributed by atoms with Crippen LogP contribution in [-0.4, -0.2) is 16.6 Å². The molecule has 3 nitrogen and oxygen atoms in total. The minimum atomic E-state index is -0.316. The quantitative estimate of drug-likeness (QED) is 0.370. The van der Waals surface area contributed by atoms with E-state index in [9.17, 15) is 13.6 Å². The number of carbonyl (C=O) groups excluding carboxylic acids is 1. The summed E-state index contributed by atoms with van der Waals surface area (Å²) in [6.45, 7) is 0. The van der Waals surface area contributed by atoms with Gasteiger partial charge in [-0.25, -0.2) is 13.8 Å². The number of carbonyl (C=O) groups is 1. The first-order chi connectivity index (χ1) is 16.0. The van der Waals surface area contributed by atoms with Crippen molar-refractivity contribution in [3.05, 3.63) is 111 Å². The predicted molar refractivity (Wildman–Crippen MR) is 129 cm³/mol. The molecule has 2 aliphatic rings. The van der Waals surface area contributed by atoms with E-state index in [-0.39, 0.29) is 29.5 Å². The van der Waals surface area contributed by atoms with Gasteiger partial charge >= 0.3 is 0 Å². The van der Waals surface area contributed by atoms with Crippen molar-refractivity contribution in [3.63, 3.8) is 0 Å². The molecule has 0 N–H and O–H groups in total. The van der Waals surface area contributed by atoms with Crippen LogP contribution in [0.25, 0.3) is 6.08 Å². The third-order valence-electron chi connectivity index (χ3n) is 6.22. The van der Waals surface area contributed by atoms with Gasteiger partial charge in [-0.1, -0.05) is 40.2 Å². The first-order valence-corrected chi connectivity index (χ1v) is 11.7. The fourth-order valence-electron chi connectivity index (χ4n) is 4.65. The van der Waals surface area contributed by atoms with Gasteiger partial charge in [0, 0.05) is 16.0 Å². The summed E-state index contributed by atoms with van der Waals surface area (Å²) in [7, 11) is 0. The van der Waals surface area contributed by atoms with Crippen LogP contribution in [0.4, 0.5) is 8.78 Å². The SMILES string of the molecule is O=C(c1ccc(Br)cc1)N1N=C2/C(=C/c3ccc(F)cc3)CCC[C@H]2[C@@H]1c1ccc(F)cc1. The number of rotatable bonds is 3. The Hall–Kier alpha value is -3.12. The van der Waals surface area contributed by atoms with Crippen molar-refractivity contribution in [1.82, 2.24) is 5.01 Å². The van der Waals surface area contributed by atoms with Gasteiger partial charge in [0.25, 0.3) is 5.91 Å². The molecule has 0 spiro atoms. The molecule has 3 aromatic carbocycles. The van der Waals surface area contributed by atoms with Crippen LogP contribution in [-0.2, 0) is 0 Å². The summed E-state index contributed by atoms with van der Waals surface area (Å²) in [5.41, 5.74) is 4.22. The number of hydrogen-bond donors (Lipinski definition) is 0. The lowest BCUT2D eigenvalue weighted by Crippen LogP contribution is -2.31. The van der Waals surface area contributed by atoms with Crippen molar-refractivity contribution in [2.75, 3.05) is 0 Å². The van der Waals surface area contributed by atoms with Crippen LogP contribution in [0.3, 0.4) is 0 Å². The molecular formula is C27H21BrF2N2O.